The van der Waals surface area contributed by atoms with Crippen molar-refractivity contribution in [2.75, 3.05) is 0 Å². The Hall–Kier alpha value is -1.65. The Morgan fingerprint density at radius 1 is 0.944 bits per heavy atom. The van der Waals surface area contributed by atoms with Gasteiger partial charge in [0.1, 0.15) is 0 Å². The summed E-state index contributed by atoms with van der Waals surface area (Å²) >= 11 is 3.37. The molecule has 2 rings (SSSR count). The van der Waals surface area contributed by atoms with Crippen LogP contribution in [0.5, 0.6) is 0 Å². The molecule has 0 aliphatic carbocycles. The van der Waals surface area contributed by atoms with Gasteiger partial charge in [-0.3, -0.25) is 0 Å². The molecule has 0 saturated carbocycles. The van der Waals surface area contributed by atoms with E-state index in [9.17, 15) is 9.90 Å². The number of benzene rings is 2. The molecule has 0 spiro atoms. The molecule has 0 saturated heterocycles. The zero-order valence-corrected chi connectivity index (χ0v) is 11.0. The highest BCUT2D eigenvalue weighted by Crippen LogP contribution is 2.23. The van der Waals surface area contributed by atoms with Crippen LogP contribution in [0.25, 0.3) is 11.1 Å². The third-order valence-electron chi connectivity index (χ3n) is 2.64. The van der Waals surface area contributed by atoms with Crippen LogP contribution < -0.4 is 0 Å². The van der Waals surface area contributed by atoms with Crippen LogP contribution in [-0.2, 0) is 4.79 Å². The van der Waals surface area contributed by atoms with Crippen molar-refractivity contribution >= 4 is 21.9 Å². The summed E-state index contributed by atoms with van der Waals surface area (Å²) in [7, 11) is 0. The predicted octanol–water partition coefficient (Wildman–Crippen LogP) is 3.23. The third-order valence-corrected chi connectivity index (χ3v) is 3.17. The highest BCUT2D eigenvalue weighted by molar-refractivity contribution is 9.10. The Morgan fingerprint density at radius 3 is 1.83 bits per heavy atom. The van der Waals surface area contributed by atoms with E-state index in [0.29, 0.717) is 5.56 Å². The zero-order chi connectivity index (χ0) is 13.1. The van der Waals surface area contributed by atoms with E-state index in [2.05, 4.69) is 15.9 Å². The molecule has 18 heavy (non-hydrogen) atoms. The number of hydrogen-bond acceptors (Lipinski definition) is 2. The topological polar surface area (TPSA) is 57.5 Å². The fourth-order valence-corrected chi connectivity index (χ4v) is 1.91. The Balaban J connectivity index is 2.27. The van der Waals surface area contributed by atoms with Crippen molar-refractivity contribution in [2.45, 2.75) is 6.10 Å². The number of rotatable bonds is 3. The first-order valence-corrected chi connectivity index (χ1v) is 6.14. The molecule has 3 nitrogen and oxygen atoms in total. The second kappa shape index (κ2) is 5.33. The monoisotopic (exact) mass is 306 g/mol. The van der Waals surface area contributed by atoms with Gasteiger partial charge in [0.15, 0.2) is 6.10 Å². The molecule has 0 aromatic heterocycles. The average Bonchev–Trinajstić information content (AvgIpc) is 2.39. The Bertz CT molecular complexity index is 546. The quantitative estimate of drug-likeness (QED) is 0.915. The largest absolute Gasteiger partial charge is 0.479 e. The minimum absolute atomic E-state index is 0.378. The van der Waals surface area contributed by atoms with Crippen LogP contribution in [0.3, 0.4) is 0 Å². The Labute approximate surface area is 113 Å². The summed E-state index contributed by atoms with van der Waals surface area (Å²) in [4.78, 5) is 10.6. The van der Waals surface area contributed by atoms with Gasteiger partial charge in [-0.25, -0.2) is 4.79 Å². The molecule has 0 fully saturated rings. The molecule has 1 atom stereocenters. The zero-order valence-electron chi connectivity index (χ0n) is 9.38. The summed E-state index contributed by atoms with van der Waals surface area (Å²) in [5, 5.41) is 18.1. The SMILES string of the molecule is O=C(O)C(O)c1ccc(-c2ccc(Br)cc2)cc1. The Morgan fingerprint density at radius 2 is 1.39 bits per heavy atom. The number of aliphatic carboxylic acids is 1. The van der Waals surface area contributed by atoms with Gasteiger partial charge in [0, 0.05) is 4.47 Å². The van der Waals surface area contributed by atoms with Gasteiger partial charge in [-0.05, 0) is 28.8 Å². The minimum atomic E-state index is -1.47. The lowest BCUT2D eigenvalue weighted by atomic mass is 10.0. The van der Waals surface area contributed by atoms with E-state index in [-0.39, 0.29) is 0 Å². The van der Waals surface area contributed by atoms with Crippen LogP contribution in [0, 0.1) is 0 Å². The number of halogens is 1. The maximum Gasteiger partial charge on any atom is 0.337 e. The second-order valence-electron chi connectivity index (χ2n) is 3.87. The van der Waals surface area contributed by atoms with Crippen molar-refractivity contribution in [3.63, 3.8) is 0 Å². The van der Waals surface area contributed by atoms with Gasteiger partial charge < -0.3 is 10.2 Å². The minimum Gasteiger partial charge on any atom is -0.479 e. The van der Waals surface area contributed by atoms with Gasteiger partial charge in [0.05, 0.1) is 0 Å². The molecule has 0 heterocycles. The summed E-state index contributed by atoms with van der Waals surface area (Å²) in [6.07, 6.45) is -1.47. The fourth-order valence-electron chi connectivity index (χ4n) is 1.64. The molecule has 2 N–H and O–H groups in total. The third kappa shape index (κ3) is 2.78. The highest BCUT2D eigenvalue weighted by atomic mass is 79.9. The standard InChI is InChI=1S/C14H11BrO3/c15-12-7-5-10(6-8-12)9-1-3-11(4-2-9)13(16)14(17)18/h1-8,13,16H,(H,17,18). The predicted molar refractivity (Wildman–Crippen MR) is 72.2 cm³/mol. The molecule has 0 amide bonds. The van der Waals surface area contributed by atoms with Crippen molar-refractivity contribution in [3.05, 3.63) is 58.6 Å². The maximum absolute atomic E-state index is 10.6. The molecular weight excluding hydrogens is 296 g/mol. The first kappa shape index (κ1) is 12.8. The van der Waals surface area contributed by atoms with E-state index in [1.165, 1.54) is 0 Å². The number of carboxylic acid groups (broad SMARTS) is 1. The van der Waals surface area contributed by atoms with Gasteiger partial charge >= 0.3 is 5.97 Å². The molecule has 0 bridgehead atoms. The van der Waals surface area contributed by atoms with Crippen molar-refractivity contribution in [3.8, 4) is 11.1 Å². The molecule has 1 unspecified atom stereocenters. The smallest absolute Gasteiger partial charge is 0.337 e. The molecule has 0 aliphatic heterocycles. The first-order chi connectivity index (χ1) is 8.58. The lowest BCUT2D eigenvalue weighted by Crippen LogP contribution is -2.09. The van der Waals surface area contributed by atoms with Crippen LogP contribution >= 0.6 is 15.9 Å². The number of aliphatic hydroxyl groups is 1. The van der Waals surface area contributed by atoms with E-state index in [1.54, 1.807) is 24.3 Å². The molecule has 4 heteroatoms. The van der Waals surface area contributed by atoms with Crippen molar-refractivity contribution in [1.82, 2.24) is 0 Å². The highest BCUT2D eigenvalue weighted by Gasteiger charge is 2.15. The maximum atomic E-state index is 10.6. The van der Waals surface area contributed by atoms with Gasteiger partial charge in [-0.15, -0.1) is 0 Å². The number of carboxylic acids is 1. The van der Waals surface area contributed by atoms with Gasteiger partial charge in [-0.2, -0.15) is 0 Å². The van der Waals surface area contributed by atoms with E-state index < -0.39 is 12.1 Å². The van der Waals surface area contributed by atoms with Crippen LogP contribution in [0.4, 0.5) is 0 Å². The van der Waals surface area contributed by atoms with E-state index in [0.717, 1.165) is 15.6 Å². The van der Waals surface area contributed by atoms with Gasteiger partial charge in [0.2, 0.25) is 0 Å². The van der Waals surface area contributed by atoms with Crippen molar-refractivity contribution in [2.24, 2.45) is 0 Å². The lowest BCUT2D eigenvalue weighted by Gasteiger charge is -2.07. The molecular formula is C14H11BrO3. The van der Waals surface area contributed by atoms with Crippen molar-refractivity contribution < 1.29 is 15.0 Å². The van der Waals surface area contributed by atoms with Gasteiger partial charge in [0.25, 0.3) is 0 Å². The number of aliphatic hydroxyl groups excluding tert-OH is 1. The molecule has 0 radical (unpaired) electrons. The average molecular weight is 307 g/mol. The summed E-state index contributed by atoms with van der Waals surface area (Å²) in [5.41, 5.74) is 2.39. The molecule has 0 aliphatic rings. The number of hydrogen-bond donors (Lipinski definition) is 2. The summed E-state index contributed by atoms with van der Waals surface area (Å²) in [5.74, 6) is -1.24. The molecule has 2 aromatic rings. The van der Waals surface area contributed by atoms with Crippen LogP contribution in [0.1, 0.15) is 11.7 Å². The molecule has 2 aromatic carbocycles. The fraction of sp³-hybridized carbons (Fsp3) is 0.0714. The Kier molecular flexibility index (Phi) is 3.79. The second-order valence-corrected chi connectivity index (χ2v) is 4.79. The normalized spacial score (nSPS) is 12.1. The summed E-state index contributed by atoms with van der Waals surface area (Å²) in [6, 6.07) is 14.6. The van der Waals surface area contributed by atoms with Gasteiger partial charge in [-0.1, -0.05) is 52.3 Å². The molecule has 92 valence electrons. The first-order valence-electron chi connectivity index (χ1n) is 5.34. The summed E-state index contributed by atoms with van der Waals surface area (Å²) in [6.45, 7) is 0. The van der Waals surface area contributed by atoms with E-state index in [1.807, 2.05) is 24.3 Å². The lowest BCUT2D eigenvalue weighted by molar-refractivity contribution is -0.146. The van der Waals surface area contributed by atoms with Crippen LogP contribution in [-0.4, -0.2) is 16.2 Å². The number of carbonyl (C=O) groups is 1. The van der Waals surface area contributed by atoms with Crippen molar-refractivity contribution in [1.29, 1.82) is 0 Å². The van der Waals surface area contributed by atoms with Crippen LogP contribution in [0.2, 0.25) is 0 Å². The van der Waals surface area contributed by atoms with Crippen LogP contribution in [0.15, 0.2) is 53.0 Å². The van der Waals surface area contributed by atoms with E-state index >= 15 is 0 Å². The summed E-state index contributed by atoms with van der Waals surface area (Å²) < 4.78 is 1.00. The van der Waals surface area contributed by atoms with E-state index in [4.69, 9.17) is 5.11 Å².